The first-order chi connectivity index (χ1) is 7.38. The number of ether oxygens (including phenoxy) is 1. The van der Waals surface area contributed by atoms with E-state index in [1.54, 1.807) is 0 Å². The van der Waals surface area contributed by atoms with Crippen LogP contribution in [-0.2, 0) is 4.74 Å². The molecule has 1 fully saturated rings. The minimum absolute atomic E-state index is 0.187. The van der Waals surface area contributed by atoms with E-state index >= 15 is 0 Å². The Bertz CT molecular complexity index is 191. The van der Waals surface area contributed by atoms with Gasteiger partial charge in [0.15, 0.2) is 0 Å². The van der Waals surface area contributed by atoms with Crippen molar-refractivity contribution >= 4 is 0 Å². The summed E-state index contributed by atoms with van der Waals surface area (Å²) in [7, 11) is 0. The lowest BCUT2D eigenvalue weighted by atomic mass is 10.0. The summed E-state index contributed by atoms with van der Waals surface area (Å²) in [5.41, 5.74) is 0.187. The monoisotopic (exact) mass is 227 g/mol. The van der Waals surface area contributed by atoms with Crippen molar-refractivity contribution in [1.82, 2.24) is 5.32 Å². The van der Waals surface area contributed by atoms with Crippen LogP contribution in [0, 0.1) is 11.8 Å². The summed E-state index contributed by atoms with van der Waals surface area (Å²) < 4.78 is 5.99. The standard InChI is InChI=1S/C14H29NO/c1-11(2)13(10-15-14(3,4)5)16-9-8-12-6-7-12/h11-13,15H,6-10H2,1-5H3. The molecule has 0 saturated heterocycles. The Kier molecular flexibility index (Phi) is 5.26. The molecule has 0 heterocycles. The Morgan fingerprint density at radius 1 is 1.25 bits per heavy atom. The quantitative estimate of drug-likeness (QED) is 0.721. The van der Waals surface area contributed by atoms with Gasteiger partial charge in [-0.1, -0.05) is 26.7 Å². The highest BCUT2D eigenvalue weighted by molar-refractivity contribution is 4.76. The molecule has 1 unspecified atom stereocenters. The van der Waals surface area contributed by atoms with Gasteiger partial charge in [-0.05, 0) is 39.0 Å². The van der Waals surface area contributed by atoms with Crippen molar-refractivity contribution < 1.29 is 4.74 Å². The Morgan fingerprint density at radius 3 is 2.31 bits per heavy atom. The van der Waals surface area contributed by atoms with Gasteiger partial charge in [-0.15, -0.1) is 0 Å². The SMILES string of the molecule is CC(C)C(CNC(C)(C)C)OCCC1CC1. The minimum Gasteiger partial charge on any atom is -0.377 e. The van der Waals surface area contributed by atoms with Gasteiger partial charge in [-0.25, -0.2) is 0 Å². The molecule has 0 bridgehead atoms. The summed E-state index contributed by atoms with van der Waals surface area (Å²) in [5.74, 6) is 1.57. The highest BCUT2D eigenvalue weighted by atomic mass is 16.5. The van der Waals surface area contributed by atoms with Crippen molar-refractivity contribution in [2.75, 3.05) is 13.2 Å². The molecule has 1 N–H and O–H groups in total. The summed E-state index contributed by atoms with van der Waals surface area (Å²) in [6.07, 6.45) is 4.47. The minimum atomic E-state index is 0.187. The maximum Gasteiger partial charge on any atom is 0.0722 e. The van der Waals surface area contributed by atoms with E-state index in [2.05, 4.69) is 39.9 Å². The largest absolute Gasteiger partial charge is 0.377 e. The normalized spacial score (nSPS) is 19.1. The van der Waals surface area contributed by atoms with Crippen LogP contribution in [0.15, 0.2) is 0 Å². The van der Waals surface area contributed by atoms with E-state index in [4.69, 9.17) is 4.74 Å². The lowest BCUT2D eigenvalue weighted by Gasteiger charge is -2.27. The molecular weight excluding hydrogens is 198 g/mol. The molecule has 96 valence electrons. The Morgan fingerprint density at radius 2 is 1.88 bits per heavy atom. The maximum absolute atomic E-state index is 5.99. The molecule has 0 radical (unpaired) electrons. The second kappa shape index (κ2) is 6.02. The Balaban J connectivity index is 2.17. The van der Waals surface area contributed by atoms with Crippen molar-refractivity contribution in [3.63, 3.8) is 0 Å². The first-order valence-electron chi connectivity index (χ1n) is 6.75. The fourth-order valence-electron chi connectivity index (χ4n) is 1.69. The fraction of sp³-hybridized carbons (Fsp3) is 1.00. The number of hydrogen-bond donors (Lipinski definition) is 1. The average Bonchev–Trinajstić information content (AvgIpc) is 2.92. The van der Waals surface area contributed by atoms with Crippen molar-refractivity contribution in [3.05, 3.63) is 0 Å². The van der Waals surface area contributed by atoms with Crippen LogP contribution >= 0.6 is 0 Å². The molecule has 1 rings (SSSR count). The Labute approximate surface area is 101 Å². The van der Waals surface area contributed by atoms with Crippen LogP contribution in [0.3, 0.4) is 0 Å². The summed E-state index contributed by atoms with van der Waals surface area (Å²) >= 11 is 0. The van der Waals surface area contributed by atoms with Crippen LogP contribution < -0.4 is 5.32 Å². The van der Waals surface area contributed by atoms with Gasteiger partial charge in [-0.2, -0.15) is 0 Å². The van der Waals surface area contributed by atoms with Crippen LogP contribution in [0.1, 0.15) is 53.9 Å². The molecule has 0 aliphatic heterocycles. The number of rotatable bonds is 7. The van der Waals surface area contributed by atoms with E-state index < -0.39 is 0 Å². The van der Waals surface area contributed by atoms with Gasteiger partial charge >= 0.3 is 0 Å². The molecule has 1 saturated carbocycles. The maximum atomic E-state index is 5.99. The van der Waals surface area contributed by atoms with E-state index in [0.29, 0.717) is 12.0 Å². The molecule has 1 atom stereocenters. The van der Waals surface area contributed by atoms with Crippen molar-refractivity contribution in [2.24, 2.45) is 11.8 Å². The Hall–Kier alpha value is -0.0800. The van der Waals surface area contributed by atoms with Crippen molar-refractivity contribution in [3.8, 4) is 0 Å². The summed E-state index contributed by atoms with van der Waals surface area (Å²) in [5, 5.41) is 3.53. The first-order valence-corrected chi connectivity index (χ1v) is 6.75. The summed E-state index contributed by atoms with van der Waals surface area (Å²) in [4.78, 5) is 0. The average molecular weight is 227 g/mol. The third-order valence-electron chi connectivity index (χ3n) is 3.13. The van der Waals surface area contributed by atoms with E-state index in [9.17, 15) is 0 Å². The molecule has 16 heavy (non-hydrogen) atoms. The van der Waals surface area contributed by atoms with Crippen LogP contribution in [-0.4, -0.2) is 24.8 Å². The molecule has 0 amide bonds. The molecule has 0 spiro atoms. The zero-order valence-corrected chi connectivity index (χ0v) is 11.7. The highest BCUT2D eigenvalue weighted by Gasteiger charge is 2.22. The fourth-order valence-corrected chi connectivity index (χ4v) is 1.69. The van der Waals surface area contributed by atoms with Crippen LogP contribution in [0.4, 0.5) is 0 Å². The molecular formula is C14H29NO. The van der Waals surface area contributed by atoms with Gasteiger partial charge in [0.05, 0.1) is 6.10 Å². The predicted molar refractivity (Wildman–Crippen MR) is 69.7 cm³/mol. The van der Waals surface area contributed by atoms with E-state index in [1.165, 1.54) is 19.3 Å². The van der Waals surface area contributed by atoms with Crippen LogP contribution in [0.5, 0.6) is 0 Å². The van der Waals surface area contributed by atoms with Gasteiger partial charge in [0.25, 0.3) is 0 Å². The lowest BCUT2D eigenvalue weighted by Crippen LogP contribution is -2.43. The second-order valence-corrected chi connectivity index (χ2v) is 6.52. The number of nitrogens with one attached hydrogen (secondary N) is 1. The molecule has 2 nitrogen and oxygen atoms in total. The summed E-state index contributed by atoms with van der Waals surface area (Å²) in [6, 6.07) is 0. The van der Waals surface area contributed by atoms with E-state index in [0.717, 1.165) is 19.1 Å². The van der Waals surface area contributed by atoms with E-state index in [-0.39, 0.29) is 5.54 Å². The van der Waals surface area contributed by atoms with Gasteiger partial charge in [-0.3, -0.25) is 0 Å². The molecule has 0 aromatic carbocycles. The first kappa shape index (κ1) is 14.0. The van der Waals surface area contributed by atoms with Gasteiger partial charge in [0.2, 0.25) is 0 Å². The van der Waals surface area contributed by atoms with E-state index in [1.807, 2.05) is 0 Å². The predicted octanol–water partition coefficient (Wildman–Crippen LogP) is 3.22. The molecule has 1 aliphatic carbocycles. The van der Waals surface area contributed by atoms with Crippen LogP contribution in [0.2, 0.25) is 0 Å². The second-order valence-electron chi connectivity index (χ2n) is 6.52. The van der Waals surface area contributed by atoms with Gasteiger partial charge in [0.1, 0.15) is 0 Å². The molecule has 0 aromatic heterocycles. The third-order valence-corrected chi connectivity index (χ3v) is 3.13. The zero-order valence-electron chi connectivity index (χ0n) is 11.7. The summed E-state index contributed by atoms with van der Waals surface area (Å²) in [6.45, 7) is 13.0. The smallest absolute Gasteiger partial charge is 0.0722 e. The van der Waals surface area contributed by atoms with Gasteiger partial charge < -0.3 is 10.1 Å². The molecule has 2 heteroatoms. The van der Waals surface area contributed by atoms with Crippen LogP contribution in [0.25, 0.3) is 0 Å². The molecule has 1 aliphatic rings. The van der Waals surface area contributed by atoms with Crippen molar-refractivity contribution in [2.45, 2.75) is 65.5 Å². The molecule has 0 aromatic rings. The highest BCUT2D eigenvalue weighted by Crippen LogP contribution is 2.32. The van der Waals surface area contributed by atoms with Gasteiger partial charge in [0, 0.05) is 18.7 Å². The zero-order chi connectivity index (χ0) is 12.2. The lowest BCUT2D eigenvalue weighted by molar-refractivity contribution is 0.0161. The third kappa shape index (κ3) is 6.49. The topological polar surface area (TPSA) is 21.3 Å². The van der Waals surface area contributed by atoms with Crippen molar-refractivity contribution in [1.29, 1.82) is 0 Å². The number of hydrogen-bond acceptors (Lipinski definition) is 2.